The molecule has 0 radical (unpaired) electrons. The first-order valence-electron chi connectivity index (χ1n) is 2.43. The molecule has 4 nitrogen and oxygen atoms in total. The van der Waals surface area contributed by atoms with Gasteiger partial charge in [0, 0.05) is 7.11 Å². The standard InChI is InChI=1S/C4H8FO4P/c1-8-4(6)3-10(5,7)9-2/h3H2,1-2H3. The van der Waals surface area contributed by atoms with E-state index >= 15 is 0 Å². The van der Waals surface area contributed by atoms with Crippen LogP contribution in [-0.4, -0.2) is 26.4 Å². The van der Waals surface area contributed by atoms with Crippen LogP contribution < -0.4 is 0 Å². The van der Waals surface area contributed by atoms with Gasteiger partial charge in [-0.05, 0) is 0 Å². The second-order valence-corrected chi connectivity index (χ2v) is 3.37. The maximum atomic E-state index is 12.3. The summed E-state index contributed by atoms with van der Waals surface area (Å²) in [6.45, 7) is 0. The van der Waals surface area contributed by atoms with E-state index in [9.17, 15) is 13.6 Å². The van der Waals surface area contributed by atoms with E-state index in [0.717, 1.165) is 14.2 Å². The first-order valence-corrected chi connectivity index (χ1v) is 4.13. The lowest BCUT2D eigenvalue weighted by atomic mass is 10.8. The third-order valence-corrected chi connectivity index (χ3v) is 2.00. The van der Waals surface area contributed by atoms with Crippen molar-refractivity contribution in [2.75, 3.05) is 20.4 Å². The van der Waals surface area contributed by atoms with Crippen LogP contribution in [0.15, 0.2) is 0 Å². The first kappa shape index (κ1) is 9.59. The topological polar surface area (TPSA) is 52.6 Å². The second-order valence-electron chi connectivity index (χ2n) is 1.51. The minimum absolute atomic E-state index is 0.819. The molecule has 0 aliphatic heterocycles. The summed E-state index contributed by atoms with van der Waals surface area (Å²) < 4.78 is 30.6. The number of methoxy groups -OCH3 is 1. The molecule has 0 spiro atoms. The normalized spacial score (nSPS) is 15.9. The minimum Gasteiger partial charge on any atom is -0.469 e. The van der Waals surface area contributed by atoms with Crippen LogP contribution in [0.3, 0.4) is 0 Å². The third-order valence-electron chi connectivity index (χ3n) is 0.818. The SMILES string of the molecule is COC(=O)CP(=O)(F)OC. The van der Waals surface area contributed by atoms with Gasteiger partial charge in [0.15, 0.2) is 6.16 Å². The molecule has 0 amide bonds. The number of ether oxygens (including phenoxy) is 1. The molecule has 6 heteroatoms. The molecule has 1 atom stereocenters. The van der Waals surface area contributed by atoms with Gasteiger partial charge >= 0.3 is 13.6 Å². The molecule has 0 aromatic rings. The van der Waals surface area contributed by atoms with Crippen LogP contribution in [0.5, 0.6) is 0 Å². The van der Waals surface area contributed by atoms with Crippen LogP contribution in [0.1, 0.15) is 0 Å². The lowest BCUT2D eigenvalue weighted by molar-refractivity contribution is -0.137. The lowest BCUT2D eigenvalue weighted by Gasteiger charge is -2.02. The van der Waals surface area contributed by atoms with Gasteiger partial charge in [0.25, 0.3) is 0 Å². The van der Waals surface area contributed by atoms with Gasteiger partial charge in [0.2, 0.25) is 0 Å². The molecule has 0 saturated carbocycles. The number of hydrogen-bond donors (Lipinski definition) is 0. The van der Waals surface area contributed by atoms with Crippen LogP contribution in [0.2, 0.25) is 0 Å². The number of carbonyl (C=O) groups is 1. The summed E-state index contributed by atoms with van der Waals surface area (Å²) >= 11 is 0. The van der Waals surface area contributed by atoms with Crippen LogP contribution in [0.25, 0.3) is 0 Å². The Labute approximate surface area is 57.9 Å². The van der Waals surface area contributed by atoms with Crippen molar-refractivity contribution < 1.29 is 22.8 Å². The van der Waals surface area contributed by atoms with Crippen molar-refractivity contribution >= 4 is 13.6 Å². The van der Waals surface area contributed by atoms with Crippen molar-refractivity contribution in [3.05, 3.63) is 0 Å². The highest BCUT2D eigenvalue weighted by molar-refractivity contribution is 7.54. The van der Waals surface area contributed by atoms with Crippen LogP contribution in [0.4, 0.5) is 4.20 Å². The van der Waals surface area contributed by atoms with Gasteiger partial charge in [-0.1, -0.05) is 0 Å². The van der Waals surface area contributed by atoms with Crippen LogP contribution >= 0.6 is 7.68 Å². The fourth-order valence-electron chi connectivity index (χ4n) is 0.283. The Morgan fingerprint density at radius 2 is 2.10 bits per heavy atom. The third kappa shape index (κ3) is 3.58. The molecule has 0 aliphatic carbocycles. The molecule has 0 saturated heterocycles. The summed E-state index contributed by atoms with van der Waals surface area (Å²) in [4.78, 5) is 10.3. The Balaban J connectivity index is 3.89. The molecule has 60 valence electrons. The molecule has 0 heterocycles. The largest absolute Gasteiger partial charge is 0.469 e. The Bertz CT molecular complexity index is 169. The van der Waals surface area contributed by atoms with E-state index in [1.54, 1.807) is 0 Å². The molecule has 0 bridgehead atoms. The first-order chi connectivity index (χ1) is 4.52. The van der Waals surface area contributed by atoms with Gasteiger partial charge in [-0.25, -0.2) is 0 Å². The average molecular weight is 170 g/mol. The van der Waals surface area contributed by atoms with E-state index in [1.165, 1.54) is 0 Å². The summed E-state index contributed by atoms with van der Waals surface area (Å²) in [5.74, 6) is -0.882. The molecule has 0 rings (SSSR count). The zero-order valence-corrected chi connectivity index (χ0v) is 6.56. The van der Waals surface area contributed by atoms with Crippen molar-refractivity contribution in [3.63, 3.8) is 0 Å². The smallest absolute Gasteiger partial charge is 0.378 e. The van der Waals surface area contributed by atoms with E-state index in [2.05, 4.69) is 9.26 Å². The molecule has 1 unspecified atom stereocenters. The fraction of sp³-hybridized carbons (Fsp3) is 0.750. The van der Waals surface area contributed by atoms with Crippen molar-refractivity contribution in [2.45, 2.75) is 0 Å². The second kappa shape index (κ2) is 3.68. The molecule has 0 aromatic heterocycles. The van der Waals surface area contributed by atoms with E-state index < -0.39 is 19.8 Å². The number of halogens is 1. The summed E-state index contributed by atoms with van der Waals surface area (Å²) in [5.41, 5.74) is 0. The summed E-state index contributed by atoms with van der Waals surface area (Å²) in [7, 11) is -2.21. The lowest BCUT2D eigenvalue weighted by Crippen LogP contribution is -2.05. The quantitative estimate of drug-likeness (QED) is 0.467. The van der Waals surface area contributed by atoms with E-state index in [1.807, 2.05) is 0 Å². The van der Waals surface area contributed by atoms with Gasteiger partial charge in [-0.3, -0.25) is 9.36 Å². The van der Waals surface area contributed by atoms with Gasteiger partial charge < -0.3 is 9.26 Å². The minimum atomic E-state index is -4.22. The Hall–Kier alpha value is -0.410. The van der Waals surface area contributed by atoms with Crippen molar-refractivity contribution in [3.8, 4) is 0 Å². The van der Waals surface area contributed by atoms with E-state index in [4.69, 9.17) is 0 Å². The summed E-state index contributed by atoms with van der Waals surface area (Å²) in [6, 6.07) is 0. The molecule has 0 fully saturated rings. The molecular weight excluding hydrogens is 162 g/mol. The van der Waals surface area contributed by atoms with Crippen molar-refractivity contribution in [1.29, 1.82) is 0 Å². The Kier molecular flexibility index (Phi) is 3.53. The molecule has 0 N–H and O–H groups in total. The van der Waals surface area contributed by atoms with Gasteiger partial charge in [0.05, 0.1) is 7.11 Å². The highest BCUT2D eigenvalue weighted by Crippen LogP contribution is 2.47. The number of esters is 1. The monoisotopic (exact) mass is 170 g/mol. The number of hydrogen-bond acceptors (Lipinski definition) is 4. The van der Waals surface area contributed by atoms with Crippen molar-refractivity contribution in [1.82, 2.24) is 0 Å². The molecule has 0 aliphatic rings. The van der Waals surface area contributed by atoms with Crippen LogP contribution in [0, 0.1) is 0 Å². The fourth-order valence-corrected chi connectivity index (χ4v) is 0.850. The predicted octanol–water partition coefficient (Wildman–Crippen LogP) is 0.968. The highest BCUT2D eigenvalue weighted by atomic mass is 31.2. The molecule has 10 heavy (non-hydrogen) atoms. The number of rotatable bonds is 3. The van der Waals surface area contributed by atoms with Gasteiger partial charge in [-0.2, -0.15) is 4.20 Å². The molecule has 0 aromatic carbocycles. The number of carbonyl (C=O) groups excluding carboxylic acids is 1. The van der Waals surface area contributed by atoms with Gasteiger partial charge in [0.1, 0.15) is 0 Å². The van der Waals surface area contributed by atoms with E-state index in [0.29, 0.717) is 0 Å². The maximum Gasteiger partial charge on any atom is 0.378 e. The zero-order valence-electron chi connectivity index (χ0n) is 5.67. The highest BCUT2D eigenvalue weighted by Gasteiger charge is 2.24. The van der Waals surface area contributed by atoms with Crippen molar-refractivity contribution in [2.24, 2.45) is 0 Å². The molecular formula is C4H8FO4P. The van der Waals surface area contributed by atoms with E-state index in [-0.39, 0.29) is 0 Å². The average Bonchev–Trinajstić information content (AvgIpc) is 1.87. The predicted molar refractivity (Wildman–Crippen MR) is 32.6 cm³/mol. The Morgan fingerprint density at radius 3 is 2.40 bits per heavy atom. The summed E-state index contributed by atoms with van der Waals surface area (Å²) in [6.07, 6.45) is -0.819. The van der Waals surface area contributed by atoms with Crippen LogP contribution in [-0.2, 0) is 18.6 Å². The zero-order chi connectivity index (χ0) is 8.20. The Morgan fingerprint density at radius 1 is 1.60 bits per heavy atom. The van der Waals surface area contributed by atoms with Gasteiger partial charge in [-0.15, -0.1) is 0 Å². The maximum absolute atomic E-state index is 12.3. The summed E-state index contributed by atoms with van der Waals surface area (Å²) in [5, 5.41) is 0.